The van der Waals surface area contributed by atoms with Crippen molar-refractivity contribution >= 4 is 11.4 Å². The summed E-state index contributed by atoms with van der Waals surface area (Å²) >= 11 is 0. The minimum atomic E-state index is -0.934. The van der Waals surface area contributed by atoms with E-state index >= 15 is 0 Å². The molecule has 1 heterocycles. The van der Waals surface area contributed by atoms with Gasteiger partial charge in [0.2, 0.25) is 0 Å². The van der Waals surface area contributed by atoms with Crippen molar-refractivity contribution in [1.82, 2.24) is 0 Å². The van der Waals surface area contributed by atoms with Gasteiger partial charge in [-0.3, -0.25) is 10.1 Å². The lowest BCUT2D eigenvalue weighted by Gasteiger charge is -2.33. The van der Waals surface area contributed by atoms with Gasteiger partial charge < -0.3 is 14.7 Å². The zero-order valence-electron chi connectivity index (χ0n) is 11.3. The molecule has 0 aromatic heterocycles. The van der Waals surface area contributed by atoms with Crippen LogP contribution in [0.3, 0.4) is 0 Å². The number of aliphatic hydroxyl groups excluding tert-OH is 1. The number of nitro groups is 1. The van der Waals surface area contributed by atoms with E-state index in [-0.39, 0.29) is 25.0 Å². The maximum Gasteiger partial charge on any atom is 0.275 e. The minimum Gasteiger partial charge on any atom is -0.394 e. The van der Waals surface area contributed by atoms with Crippen LogP contribution in [0.15, 0.2) is 12.1 Å². The Kier molecular flexibility index (Phi) is 5.03. The molecule has 1 saturated heterocycles. The highest BCUT2D eigenvalue weighted by atomic mass is 19.1. The molecule has 1 aromatic rings. The third-order valence-corrected chi connectivity index (χ3v) is 3.42. The molecule has 116 valence electrons. The Morgan fingerprint density at radius 2 is 1.90 bits per heavy atom. The summed E-state index contributed by atoms with van der Waals surface area (Å²) in [6, 6.07) is 1.46. The van der Waals surface area contributed by atoms with Crippen LogP contribution in [0.1, 0.15) is 12.8 Å². The molecule has 1 N–H and O–H groups in total. The Balaban J connectivity index is 2.08. The molecule has 2 rings (SSSR count). The number of benzene rings is 1. The van der Waals surface area contributed by atoms with E-state index in [0.29, 0.717) is 25.9 Å². The second-order valence-corrected chi connectivity index (χ2v) is 4.80. The lowest BCUT2D eigenvalue weighted by atomic mass is 10.1. The normalized spacial score (nSPS) is 16.2. The fourth-order valence-electron chi connectivity index (χ4n) is 2.43. The molecule has 1 fully saturated rings. The number of aliphatic hydroxyl groups is 1. The first kappa shape index (κ1) is 15.6. The zero-order chi connectivity index (χ0) is 15.4. The summed E-state index contributed by atoms with van der Waals surface area (Å²) in [6.07, 6.45) is 1.11. The van der Waals surface area contributed by atoms with Gasteiger partial charge in [-0.25, -0.2) is 8.78 Å². The Hall–Kier alpha value is -1.80. The highest BCUT2D eigenvalue weighted by molar-refractivity contribution is 5.54. The van der Waals surface area contributed by atoms with Crippen molar-refractivity contribution in [1.29, 1.82) is 0 Å². The molecule has 0 radical (unpaired) electrons. The standard InChI is InChI=1S/C13H16F2N2O4/c14-11-7-9(17(19)20)8-12(15)13(11)16-3-1-10(2-4-16)21-6-5-18/h7-8,10,18H,1-6H2. The number of hydrogen-bond donors (Lipinski definition) is 1. The maximum absolute atomic E-state index is 13.9. The molecule has 0 aliphatic carbocycles. The number of nitro benzene ring substituents is 1. The number of anilines is 1. The van der Waals surface area contributed by atoms with E-state index in [0.717, 1.165) is 12.1 Å². The van der Waals surface area contributed by atoms with Crippen LogP contribution in [0.25, 0.3) is 0 Å². The summed E-state index contributed by atoms with van der Waals surface area (Å²) in [5.41, 5.74) is -0.837. The zero-order valence-corrected chi connectivity index (χ0v) is 11.3. The summed E-state index contributed by atoms with van der Waals surface area (Å²) < 4.78 is 33.2. The van der Waals surface area contributed by atoms with Gasteiger partial charge in [0.05, 0.1) is 36.4 Å². The van der Waals surface area contributed by atoms with Gasteiger partial charge in [-0.15, -0.1) is 0 Å². The summed E-state index contributed by atoms with van der Waals surface area (Å²) in [5.74, 6) is -1.87. The molecule has 0 atom stereocenters. The second-order valence-electron chi connectivity index (χ2n) is 4.80. The van der Waals surface area contributed by atoms with Gasteiger partial charge in [0.25, 0.3) is 5.69 Å². The van der Waals surface area contributed by atoms with Gasteiger partial charge in [-0.2, -0.15) is 0 Å². The SMILES string of the molecule is O=[N+]([O-])c1cc(F)c(N2CCC(OCCO)CC2)c(F)c1. The van der Waals surface area contributed by atoms with Gasteiger partial charge >= 0.3 is 0 Å². The fourth-order valence-corrected chi connectivity index (χ4v) is 2.43. The average Bonchev–Trinajstić information content (AvgIpc) is 2.45. The number of halogens is 2. The predicted octanol–water partition coefficient (Wildman–Crippen LogP) is 1.85. The fraction of sp³-hybridized carbons (Fsp3) is 0.538. The van der Waals surface area contributed by atoms with Crippen molar-refractivity contribution in [3.63, 3.8) is 0 Å². The first-order valence-corrected chi connectivity index (χ1v) is 6.63. The molecule has 6 nitrogen and oxygen atoms in total. The number of ether oxygens (including phenoxy) is 1. The van der Waals surface area contributed by atoms with Gasteiger partial charge in [-0.1, -0.05) is 0 Å². The molecule has 21 heavy (non-hydrogen) atoms. The van der Waals surface area contributed by atoms with Gasteiger partial charge in [0.1, 0.15) is 5.69 Å². The van der Waals surface area contributed by atoms with Crippen molar-refractivity contribution in [3.05, 3.63) is 33.9 Å². The number of rotatable bonds is 5. The van der Waals surface area contributed by atoms with Gasteiger partial charge in [-0.05, 0) is 12.8 Å². The monoisotopic (exact) mass is 302 g/mol. The van der Waals surface area contributed by atoms with Crippen LogP contribution < -0.4 is 4.90 Å². The average molecular weight is 302 g/mol. The topological polar surface area (TPSA) is 75.8 Å². The van der Waals surface area contributed by atoms with E-state index in [1.807, 2.05) is 0 Å². The molecule has 1 aliphatic heterocycles. The van der Waals surface area contributed by atoms with Crippen LogP contribution in [-0.2, 0) is 4.74 Å². The van der Waals surface area contributed by atoms with Crippen LogP contribution in [0, 0.1) is 21.7 Å². The third kappa shape index (κ3) is 3.64. The summed E-state index contributed by atoms with van der Waals surface area (Å²) in [5, 5.41) is 19.2. The van der Waals surface area contributed by atoms with E-state index in [1.165, 1.54) is 4.90 Å². The van der Waals surface area contributed by atoms with Gasteiger partial charge in [0, 0.05) is 13.1 Å². The third-order valence-electron chi connectivity index (χ3n) is 3.42. The van der Waals surface area contributed by atoms with E-state index < -0.39 is 22.2 Å². The molecule has 0 saturated carbocycles. The van der Waals surface area contributed by atoms with E-state index in [1.54, 1.807) is 0 Å². The lowest BCUT2D eigenvalue weighted by Crippen LogP contribution is -2.38. The van der Waals surface area contributed by atoms with Crippen molar-refractivity contribution < 1.29 is 23.5 Å². The highest BCUT2D eigenvalue weighted by Gasteiger charge is 2.26. The lowest BCUT2D eigenvalue weighted by molar-refractivity contribution is -0.385. The molecule has 0 bridgehead atoms. The van der Waals surface area contributed by atoms with Gasteiger partial charge in [0.15, 0.2) is 11.6 Å². The quantitative estimate of drug-likeness (QED) is 0.663. The maximum atomic E-state index is 13.9. The molecule has 0 amide bonds. The van der Waals surface area contributed by atoms with Crippen LogP contribution in [0.4, 0.5) is 20.2 Å². The Morgan fingerprint density at radius 1 is 1.33 bits per heavy atom. The first-order chi connectivity index (χ1) is 10.0. The number of piperidine rings is 1. The first-order valence-electron chi connectivity index (χ1n) is 6.63. The minimum absolute atomic E-state index is 0.0439. The van der Waals surface area contributed by atoms with Crippen LogP contribution >= 0.6 is 0 Å². The largest absolute Gasteiger partial charge is 0.394 e. The molecule has 0 unspecified atom stereocenters. The number of hydrogen-bond acceptors (Lipinski definition) is 5. The van der Waals surface area contributed by atoms with Crippen molar-refractivity contribution in [2.24, 2.45) is 0 Å². The van der Waals surface area contributed by atoms with Crippen molar-refractivity contribution in [3.8, 4) is 0 Å². The Bertz CT molecular complexity index is 496. The summed E-state index contributed by atoms with van der Waals surface area (Å²) in [7, 11) is 0. The highest BCUT2D eigenvalue weighted by Crippen LogP contribution is 2.30. The molecule has 8 heteroatoms. The van der Waals surface area contributed by atoms with E-state index in [2.05, 4.69) is 0 Å². The smallest absolute Gasteiger partial charge is 0.275 e. The second kappa shape index (κ2) is 6.77. The summed E-state index contributed by atoms with van der Waals surface area (Å²) in [6.45, 7) is 0.959. The molecular formula is C13H16F2N2O4. The van der Waals surface area contributed by atoms with Crippen LogP contribution in [0.2, 0.25) is 0 Å². The Morgan fingerprint density at radius 3 is 2.38 bits per heavy atom. The molecule has 1 aliphatic rings. The molecule has 1 aromatic carbocycles. The van der Waals surface area contributed by atoms with Crippen LogP contribution in [-0.4, -0.2) is 42.4 Å². The number of non-ortho nitro benzene ring substituents is 1. The van der Waals surface area contributed by atoms with E-state index in [9.17, 15) is 18.9 Å². The summed E-state index contributed by atoms with van der Waals surface area (Å²) in [4.78, 5) is 11.3. The molecular weight excluding hydrogens is 286 g/mol. The van der Waals surface area contributed by atoms with Crippen molar-refractivity contribution in [2.75, 3.05) is 31.2 Å². The number of nitrogens with zero attached hydrogens (tertiary/aromatic N) is 2. The predicted molar refractivity (Wildman–Crippen MR) is 71.3 cm³/mol. The van der Waals surface area contributed by atoms with E-state index in [4.69, 9.17) is 9.84 Å². The molecule has 0 spiro atoms. The Labute approximate surface area is 120 Å². The van der Waals surface area contributed by atoms with Crippen LogP contribution in [0.5, 0.6) is 0 Å². The van der Waals surface area contributed by atoms with Crippen molar-refractivity contribution in [2.45, 2.75) is 18.9 Å².